The van der Waals surface area contributed by atoms with Crippen LogP contribution in [0.2, 0.25) is 0 Å². The summed E-state index contributed by atoms with van der Waals surface area (Å²) in [4.78, 5) is 13.0. The van der Waals surface area contributed by atoms with Crippen molar-refractivity contribution in [3.63, 3.8) is 0 Å². The summed E-state index contributed by atoms with van der Waals surface area (Å²) in [6.07, 6.45) is 0.393. The Bertz CT molecular complexity index is 579. The zero-order chi connectivity index (χ0) is 15.2. The lowest BCUT2D eigenvalue weighted by atomic mass is 10.0. The molecule has 0 aliphatic rings. The molecule has 1 amide bonds. The van der Waals surface area contributed by atoms with Gasteiger partial charge in [-0.15, -0.1) is 11.3 Å². The van der Waals surface area contributed by atoms with Gasteiger partial charge in [-0.05, 0) is 22.9 Å². The maximum absolute atomic E-state index is 12.3. The summed E-state index contributed by atoms with van der Waals surface area (Å²) in [5.41, 5.74) is 1.97. The van der Waals surface area contributed by atoms with Gasteiger partial charge in [-0.25, -0.2) is 0 Å². The number of hydrogen-bond acceptors (Lipinski definition) is 3. The van der Waals surface area contributed by atoms with E-state index in [2.05, 4.69) is 5.32 Å². The second kappa shape index (κ2) is 7.38. The third kappa shape index (κ3) is 3.93. The van der Waals surface area contributed by atoms with E-state index in [1.165, 1.54) is 11.3 Å². The molecule has 2 unspecified atom stereocenters. The average Bonchev–Trinajstić information content (AvgIpc) is 3.01. The summed E-state index contributed by atoms with van der Waals surface area (Å²) in [6, 6.07) is 11.8. The highest BCUT2D eigenvalue weighted by Gasteiger charge is 2.17. The fraction of sp³-hybridized carbons (Fsp3) is 0.353. The molecule has 2 atom stereocenters. The quantitative estimate of drug-likeness (QED) is 0.857. The minimum Gasteiger partial charge on any atom is -0.391 e. The highest BCUT2D eigenvalue weighted by Crippen LogP contribution is 2.28. The summed E-state index contributed by atoms with van der Waals surface area (Å²) in [5, 5.41) is 14.7. The minimum atomic E-state index is -0.501. The molecule has 0 bridgehead atoms. The van der Waals surface area contributed by atoms with Crippen LogP contribution in [0.25, 0.3) is 11.1 Å². The van der Waals surface area contributed by atoms with E-state index in [1.54, 1.807) is 0 Å². The van der Waals surface area contributed by atoms with Crippen molar-refractivity contribution in [3.05, 3.63) is 46.7 Å². The molecule has 0 radical (unpaired) electrons. The first-order chi connectivity index (χ1) is 10.1. The zero-order valence-electron chi connectivity index (χ0n) is 12.4. The molecular formula is C17H21NO2S. The average molecular weight is 303 g/mol. The number of carbonyl (C=O) groups is 1. The van der Waals surface area contributed by atoms with Crippen molar-refractivity contribution in [2.75, 3.05) is 6.54 Å². The van der Waals surface area contributed by atoms with Crippen LogP contribution in [0.5, 0.6) is 0 Å². The Kier molecular flexibility index (Phi) is 5.53. The van der Waals surface area contributed by atoms with Crippen molar-refractivity contribution >= 4 is 17.2 Å². The maximum Gasteiger partial charge on any atom is 0.262 e. The van der Waals surface area contributed by atoms with Gasteiger partial charge in [0.2, 0.25) is 0 Å². The topological polar surface area (TPSA) is 49.3 Å². The lowest BCUT2D eigenvalue weighted by molar-refractivity contribution is 0.0854. The van der Waals surface area contributed by atoms with Crippen molar-refractivity contribution in [3.8, 4) is 11.1 Å². The van der Waals surface area contributed by atoms with Gasteiger partial charge in [0.15, 0.2) is 0 Å². The van der Waals surface area contributed by atoms with Crippen molar-refractivity contribution in [2.45, 2.75) is 26.4 Å². The lowest BCUT2D eigenvalue weighted by Gasteiger charge is -2.17. The Morgan fingerprint density at radius 1 is 1.29 bits per heavy atom. The molecule has 0 aliphatic carbocycles. The predicted octanol–water partition coefficient (Wildman–Crippen LogP) is 3.55. The van der Waals surface area contributed by atoms with E-state index in [4.69, 9.17) is 0 Å². The molecule has 0 aliphatic heterocycles. The van der Waals surface area contributed by atoms with Crippen molar-refractivity contribution in [2.24, 2.45) is 5.92 Å². The minimum absolute atomic E-state index is 0.119. The van der Waals surface area contributed by atoms with Crippen molar-refractivity contribution < 1.29 is 9.90 Å². The summed E-state index contributed by atoms with van der Waals surface area (Å²) >= 11 is 1.42. The molecule has 0 saturated carbocycles. The number of nitrogens with one attached hydrogen (secondary N) is 1. The van der Waals surface area contributed by atoms with Gasteiger partial charge >= 0.3 is 0 Å². The third-order valence-corrected chi connectivity index (χ3v) is 4.64. The van der Waals surface area contributed by atoms with Crippen molar-refractivity contribution in [1.29, 1.82) is 0 Å². The van der Waals surface area contributed by atoms with E-state index in [0.29, 0.717) is 11.4 Å². The van der Waals surface area contributed by atoms with E-state index in [1.807, 2.05) is 55.6 Å². The van der Waals surface area contributed by atoms with Gasteiger partial charge in [0.25, 0.3) is 5.91 Å². The van der Waals surface area contributed by atoms with Gasteiger partial charge in [-0.3, -0.25) is 4.79 Å². The second-order valence-corrected chi connectivity index (χ2v) is 6.11. The largest absolute Gasteiger partial charge is 0.391 e. The third-order valence-electron chi connectivity index (χ3n) is 3.73. The predicted molar refractivity (Wildman–Crippen MR) is 87.6 cm³/mol. The first kappa shape index (κ1) is 15.7. The molecule has 0 saturated heterocycles. The Labute approximate surface area is 129 Å². The number of amides is 1. The zero-order valence-corrected chi connectivity index (χ0v) is 13.2. The smallest absolute Gasteiger partial charge is 0.262 e. The van der Waals surface area contributed by atoms with Crippen LogP contribution < -0.4 is 5.32 Å². The molecule has 0 spiro atoms. The van der Waals surface area contributed by atoms with E-state index in [0.717, 1.165) is 17.5 Å². The molecule has 0 fully saturated rings. The van der Waals surface area contributed by atoms with Gasteiger partial charge in [-0.2, -0.15) is 0 Å². The standard InChI is InChI=1S/C17H21NO2S/c1-3-12(2)15(19)11-18-17(20)16-14(9-10-21-16)13-7-5-4-6-8-13/h4-10,12,15,19H,3,11H2,1-2H3,(H,18,20). The fourth-order valence-corrected chi connectivity index (χ4v) is 2.91. The monoisotopic (exact) mass is 303 g/mol. The van der Waals surface area contributed by atoms with Crippen LogP contribution >= 0.6 is 11.3 Å². The lowest BCUT2D eigenvalue weighted by Crippen LogP contribution is -2.35. The van der Waals surface area contributed by atoms with Crippen LogP contribution in [-0.2, 0) is 0 Å². The summed E-state index contributed by atoms with van der Waals surface area (Å²) in [7, 11) is 0. The SMILES string of the molecule is CCC(C)C(O)CNC(=O)c1sccc1-c1ccccc1. The number of aliphatic hydroxyl groups is 1. The van der Waals surface area contributed by atoms with Crippen molar-refractivity contribution in [1.82, 2.24) is 5.32 Å². The van der Waals surface area contributed by atoms with Crippen LogP contribution in [0.4, 0.5) is 0 Å². The molecule has 2 N–H and O–H groups in total. The van der Waals surface area contributed by atoms with Crippen LogP contribution in [0, 0.1) is 5.92 Å². The first-order valence-electron chi connectivity index (χ1n) is 7.22. The van der Waals surface area contributed by atoms with E-state index in [-0.39, 0.29) is 11.8 Å². The van der Waals surface area contributed by atoms with Crippen LogP contribution in [0.1, 0.15) is 29.9 Å². The molecular weight excluding hydrogens is 282 g/mol. The fourth-order valence-electron chi connectivity index (χ4n) is 2.08. The van der Waals surface area contributed by atoms with Gasteiger partial charge in [0.1, 0.15) is 0 Å². The summed E-state index contributed by atoms with van der Waals surface area (Å²) in [6.45, 7) is 4.31. The van der Waals surface area contributed by atoms with Gasteiger partial charge < -0.3 is 10.4 Å². The molecule has 21 heavy (non-hydrogen) atoms. The normalized spacial score (nSPS) is 13.7. The molecule has 1 heterocycles. The molecule has 4 heteroatoms. The maximum atomic E-state index is 12.3. The molecule has 3 nitrogen and oxygen atoms in total. The Balaban J connectivity index is 2.06. The van der Waals surface area contributed by atoms with Gasteiger partial charge in [0, 0.05) is 12.1 Å². The number of aliphatic hydroxyl groups excluding tert-OH is 1. The summed E-state index contributed by atoms with van der Waals surface area (Å²) in [5.74, 6) is 0.0634. The number of benzene rings is 1. The highest BCUT2D eigenvalue weighted by atomic mass is 32.1. The van der Waals surface area contributed by atoms with Gasteiger partial charge in [0.05, 0.1) is 11.0 Å². The Morgan fingerprint density at radius 2 is 2.00 bits per heavy atom. The van der Waals surface area contributed by atoms with Crippen LogP contribution in [-0.4, -0.2) is 23.7 Å². The van der Waals surface area contributed by atoms with Gasteiger partial charge in [-0.1, -0.05) is 50.6 Å². The highest BCUT2D eigenvalue weighted by molar-refractivity contribution is 7.12. The molecule has 2 rings (SSSR count). The van der Waals surface area contributed by atoms with Crippen LogP contribution in [0.3, 0.4) is 0 Å². The Hall–Kier alpha value is -1.65. The molecule has 2 aromatic rings. The number of rotatable bonds is 6. The summed E-state index contributed by atoms with van der Waals surface area (Å²) < 4.78 is 0. The van der Waals surface area contributed by atoms with E-state index >= 15 is 0 Å². The van der Waals surface area contributed by atoms with Crippen LogP contribution in [0.15, 0.2) is 41.8 Å². The van der Waals surface area contributed by atoms with E-state index < -0.39 is 6.10 Å². The number of hydrogen-bond donors (Lipinski definition) is 2. The number of carbonyl (C=O) groups excluding carboxylic acids is 1. The number of thiophene rings is 1. The molecule has 1 aromatic heterocycles. The first-order valence-corrected chi connectivity index (χ1v) is 8.10. The molecule has 112 valence electrons. The molecule has 1 aromatic carbocycles. The second-order valence-electron chi connectivity index (χ2n) is 5.19. The van der Waals surface area contributed by atoms with E-state index in [9.17, 15) is 9.90 Å². The Morgan fingerprint density at radius 3 is 2.67 bits per heavy atom.